The highest BCUT2D eigenvalue weighted by molar-refractivity contribution is 7.90. The molecule has 1 atom stereocenters. The van der Waals surface area contributed by atoms with Crippen LogP contribution in [-0.4, -0.2) is 53.3 Å². The molecule has 0 radical (unpaired) electrons. The number of amides is 1. The number of fused-ring (bicyclic) bond motifs is 3. The number of rotatable bonds is 4. The molecule has 3 rings (SSSR count). The number of imidazole rings is 1. The first-order valence-corrected chi connectivity index (χ1v) is 12.4. The minimum Gasteiger partial charge on any atom is -0.461 e. The summed E-state index contributed by atoms with van der Waals surface area (Å²) in [5.74, 6) is 0.228. The van der Waals surface area contributed by atoms with Crippen molar-refractivity contribution in [3.8, 4) is 0 Å². The fourth-order valence-electron chi connectivity index (χ4n) is 3.98. The molecule has 1 aromatic carbocycles. The summed E-state index contributed by atoms with van der Waals surface area (Å²) in [6.07, 6.45) is 0.724. The lowest BCUT2D eigenvalue weighted by molar-refractivity contribution is -0.142. The minimum atomic E-state index is -3.57. The molecule has 1 unspecified atom stereocenters. The number of hydrogen-bond acceptors (Lipinski definition) is 7. The number of carbonyl (C=O) groups excluding carboxylic acids is 2. The Kier molecular flexibility index (Phi) is 6.29. The number of sulfone groups is 1. The molecule has 0 N–H and O–H groups in total. The number of esters is 1. The quantitative estimate of drug-likeness (QED) is 0.636. The van der Waals surface area contributed by atoms with Gasteiger partial charge in [-0.05, 0) is 38.8 Å². The Morgan fingerprint density at radius 2 is 1.88 bits per heavy atom. The lowest BCUT2D eigenvalue weighted by atomic mass is 10.0. The van der Waals surface area contributed by atoms with E-state index in [1.54, 1.807) is 17.0 Å². The van der Waals surface area contributed by atoms with Gasteiger partial charge < -0.3 is 14.0 Å². The molecular weight excluding hydrogens is 434 g/mol. The fraction of sp³-hybridized carbons (Fsp3) is 0.591. The third-order valence-corrected chi connectivity index (χ3v) is 6.39. The summed E-state index contributed by atoms with van der Waals surface area (Å²) in [4.78, 5) is 30.7. The molecule has 1 aliphatic rings. The molecular formula is C22H31N3O6S. The zero-order valence-electron chi connectivity index (χ0n) is 19.6. The second kappa shape index (κ2) is 8.38. The van der Waals surface area contributed by atoms with Crippen molar-refractivity contribution in [2.45, 2.75) is 71.2 Å². The summed E-state index contributed by atoms with van der Waals surface area (Å²) in [5.41, 5.74) is 1.01. The summed E-state index contributed by atoms with van der Waals surface area (Å²) in [6.45, 7) is 11.5. The average molecular weight is 466 g/mol. The Hall–Kier alpha value is -2.62. The van der Waals surface area contributed by atoms with Crippen molar-refractivity contribution in [3.05, 3.63) is 23.5 Å². The molecule has 9 nitrogen and oxygen atoms in total. The molecule has 0 aliphatic carbocycles. The van der Waals surface area contributed by atoms with Crippen LogP contribution in [0.5, 0.6) is 0 Å². The Morgan fingerprint density at radius 1 is 1.22 bits per heavy atom. The zero-order chi connectivity index (χ0) is 24.0. The lowest BCUT2D eigenvalue weighted by Crippen LogP contribution is -2.46. The van der Waals surface area contributed by atoms with Gasteiger partial charge in [-0.2, -0.15) is 0 Å². The Morgan fingerprint density at radius 3 is 2.41 bits per heavy atom. The van der Waals surface area contributed by atoms with Crippen LogP contribution in [0.15, 0.2) is 17.0 Å². The van der Waals surface area contributed by atoms with Crippen molar-refractivity contribution < 1.29 is 27.5 Å². The van der Waals surface area contributed by atoms with Crippen LogP contribution in [-0.2, 0) is 37.3 Å². The Bertz CT molecular complexity index is 1160. The maximum Gasteiger partial charge on any atom is 0.410 e. The molecule has 32 heavy (non-hydrogen) atoms. The van der Waals surface area contributed by atoms with Gasteiger partial charge in [0, 0.05) is 31.8 Å². The molecule has 1 aromatic heterocycles. The third-order valence-electron chi connectivity index (χ3n) is 5.21. The van der Waals surface area contributed by atoms with Crippen molar-refractivity contribution in [2.75, 3.05) is 12.8 Å². The Labute approximate surface area is 188 Å². The van der Waals surface area contributed by atoms with Crippen molar-refractivity contribution in [2.24, 2.45) is 5.92 Å². The van der Waals surface area contributed by atoms with Crippen LogP contribution in [0.25, 0.3) is 11.0 Å². The molecule has 1 aliphatic heterocycles. The summed E-state index contributed by atoms with van der Waals surface area (Å²) in [5, 5.41) is 0. The predicted molar refractivity (Wildman–Crippen MR) is 119 cm³/mol. The number of hydrogen-bond donors (Lipinski definition) is 0. The van der Waals surface area contributed by atoms with E-state index in [2.05, 4.69) is 0 Å². The summed E-state index contributed by atoms with van der Waals surface area (Å²) >= 11 is 0. The zero-order valence-corrected chi connectivity index (χ0v) is 20.4. The normalized spacial score (nSPS) is 16.9. The number of aromatic nitrogens is 2. The van der Waals surface area contributed by atoms with Crippen LogP contribution in [0.1, 0.15) is 59.0 Å². The highest BCUT2D eigenvalue weighted by Gasteiger charge is 2.38. The molecule has 0 bridgehead atoms. The SMILES string of the molecule is CC(=O)OCc1cc2nc3n(c2cc1S(C)(=O)=O)CCN(C(=O)OC(C)(C)C)C3C(C)C. The Balaban J connectivity index is 2.13. The van der Waals surface area contributed by atoms with E-state index in [9.17, 15) is 18.0 Å². The van der Waals surface area contributed by atoms with Crippen LogP contribution in [0.4, 0.5) is 4.79 Å². The van der Waals surface area contributed by atoms with Crippen molar-refractivity contribution >= 4 is 32.9 Å². The monoisotopic (exact) mass is 465 g/mol. The first-order chi connectivity index (χ1) is 14.7. The van der Waals surface area contributed by atoms with Crippen molar-refractivity contribution in [1.29, 1.82) is 0 Å². The highest BCUT2D eigenvalue weighted by atomic mass is 32.2. The topological polar surface area (TPSA) is 108 Å². The van der Waals surface area contributed by atoms with E-state index in [4.69, 9.17) is 14.5 Å². The molecule has 10 heteroatoms. The van der Waals surface area contributed by atoms with Gasteiger partial charge in [0.15, 0.2) is 9.84 Å². The smallest absolute Gasteiger partial charge is 0.410 e. The van der Waals surface area contributed by atoms with Gasteiger partial charge in [-0.15, -0.1) is 0 Å². The van der Waals surface area contributed by atoms with Gasteiger partial charge >= 0.3 is 12.1 Å². The first kappa shape index (κ1) is 24.0. The summed E-state index contributed by atoms with van der Waals surface area (Å²) in [6, 6.07) is 2.90. The van der Waals surface area contributed by atoms with E-state index in [0.717, 1.165) is 6.26 Å². The van der Waals surface area contributed by atoms with Gasteiger partial charge in [-0.3, -0.25) is 9.69 Å². The standard InChI is InChI=1S/C22H31N3O6S/c1-13(2)19-20-23-16-10-15(12-30-14(3)26)18(32(7,28)29)11-17(16)24(20)8-9-25(19)21(27)31-22(4,5)6/h10-11,13,19H,8-9,12H2,1-7H3. The van der Waals surface area contributed by atoms with Gasteiger partial charge in [0.2, 0.25) is 0 Å². The van der Waals surface area contributed by atoms with Crippen LogP contribution in [0, 0.1) is 5.92 Å². The molecule has 0 spiro atoms. The van der Waals surface area contributed by atoms with E-state index in [1.165, 1.54) is 6.92 Å². The second-order valence-corrected chi connectivity index (χ2v) is 11.5. The van der Waals surface area contributed by atoms with Gasteiger partial charge in [-0.1, -0.05) is 13.8 Å². The number of carbonyl (C=O) groups is 2. The fourth-order valence-corrected chi connectivity index (χ4v) is 4.90. The van der Waals surface area contributed by atoms with Gasteiger partial charge in [-0.25, -0.2) is 18.2 Å². The molecule has 0 saturated carbocycles. The molecule has 176 valence electrons. The van der Waals surface area contributed by atoms with E-state index in [0.29, 0.717) is 35.5 Å². The minimum absolute atomic E-state index is 0.0493. The summed E-state index contributed by atoms with van der Waals surface area (Å²) in [7, 11) is -3.57. The molecule has 1 amide bonds. The van der Waals surface area contributed by atoms with E-state index in [1.807, 2.05) is 39.2 Å². The van der Waals surface area contributed by atoms with Gasteiger partial charge in [0.05, 0.1) is 22.0 Å². The van der Waals surface area contributed by atoms with Crippen LogP contribution >= 0.6 is 0 Å². The molecule has 0 saturated heterocycles. The van der Waals surface area contributed by atoms with Crippen LogP contribution in [0.3, 0.4) is 0 Å². The maximum absolute atomic E-state index is 12.9. The van der Waals surface area contributed by atoms with Crippen LogP contribution in [0.2, 0.25) is 0 Å². The maximum atomic E-state index is 12.9. The summed E-state index contributed by atoms with van der Waals surface area (Å²) < 4.78 is 37.5. The largest absolute Gasteiger partial charge is 0.461 e. The molecule has 0 fully saturated rings. The van der Waals surface area contributed by atoms with Crippen LogP contribution < -0.4 is 0 Å². The van der Waals surface area contributed by atoms with E-state index < -0.39 is 27.5 Å². The molecule has 2 aromatic rings. The number of benzene rings is 1. The van der Waals surface area contributed by atoms with Gasteiger partial charge in [0.25, 0.3) is 0 Å². The van der Waals surface area contributed by atoms with E-state index in [-0.39, 0.29) is 23.5 Å². The number of nitrogens with zero attached hydrogens (tertiary/aromatic N) is 3. The second-order valence-electron chi connectivity index (χ2n) is 9.49. The van der Waals surface area contributed by atoms with Gasteiger partial charge in [0.1, 0.15) is 18.0 Å². The lowest BCUT2D eigenvalue weighted by Gasteiger charge is -2.38. The van der Waals surface area contributed by atoms with Crippen molar-refractivity contribution in [1.82, 2.24) is 14.5 Å². The van der Waals surface area contributed by atoms with E-state index >= 15 is 0 Å². The third kappa shape index (κ3) is 4.90. The van der Waals surface area contributed by atoms with Crippen molar-refractivity contribution in [3.63, 3.8) is 0 Å². The predicted octanol–water partition coefficient (Wildman–Crippen LogP) is 3.45. The first-order valence-electron chi connectivity index (χ1n) is 10.5. The highest BCUT2D eigenvalue weighted by Crippen LogP contribution is 2.36. The number of ether oxygens (including phenoxy) is 2. The molecule has 2 heterocycles. The average Bonchev–Trinajstić information content (AvgIpc) is 2.99.